The van der Waals surface area contributed by atoms with Crippen LogP contribution in [0.4, 0.5) is 0 Å². The number of epoxide rings is 1. The average Bonchev–Trinajstić information content (AvgIpc) is 3.28. The summed E-state index contributed by atoms with van der Waals surface area (Å²) in [6, 6.07) is 10.1. The Kier molecular flexibility index (Phi) is 4.38. The summed E-state index contributed by atoms with van der Waals surface area (Å²) in [5, 5.41) is 29.7. The minimum Gasteiger partial charge on any atom is -0.504 e. The maximum absolute atomic E-state index is 10.1. The molecule has 0 saturated carbocycles. The van der Waals surface area contributed by atoms with Gasteiger partial charge in [0, 0.05) is 5.92 Å². The van der Waals surface area contributed by atoms with Gasteiger partial charge in [-0.2, -0.15) is 0 Å². The number of rotatable bonds is 5. The van der Waals surface area contributed by atoms with Gasteiger partial charge in [-0.25, -0.2) is 0 Å². The number of phenolic OH excluding ortho intramolecular Hbond substituents is 2. The number of hydrogen-bond acceptors (Lipinski definition) is 7. The van der Waals surface area contributed by atoms with E-state index in [-0.39, 0.29) is 36.2 Å². The summed E-state index contributed by atoms with van der Waals surface area (Å²) < 4.78 is 22.4. The number of hydrogen-bond donors (Lipinski definition) is 3. The molecule has 27 heavy (non-hydrogen) atoms. The first-order valence-electron chi connectivity index (χ1n) is 8.68. The maximum atomic E-state index is 10.1. The van der Waals surface area contributed by atoms with Gasteiger partial charge in [0.05, 0.1) is 33.5 Å². The zero-order chi connectivity index (χ0) is 19.2. The summed E-state index contributed by atoms with van der Waals surface area (Å²) in [5.41, 5.74) is 1.03. The van der Waals surface area contributed by atoms with E-state index in [1.165, 1.54) is 14.2 Å². The van der Waals surface area contributed by atoms with Gasteiger partial charge in [-0.3, -0.25) is 0 Å². The van der Waals surface area contributed by atoms with Crippen LogP contribution in [0.15, 0.2) is 36.4 Å². The molecule has 2 aliphatic heterocycles. The highest BCUT2D eigenvalue weighted by Crippen LogP contribution is 2.62. The van der Waals surface area contributed by atoms with E-state index in [4.69, 9.17) is 18.9 Å². The van der Waals surface area contributed by atoms with Gasteiger partial charge in [0.15, 0.2) is 23.0 Å². The first kappa shape index (κ1) is 17.9. The van der Waals surface area contributed by atoms with Crippen molar-refractivity contribution in [3.63, 3.8) is 0 Å². The highest BCUT2D eigenvalue weighted by atomic mass is 16.7. The third-order valence-electron chi connectivity index (χ3n) is 5.44. The van der Waals surface area contributed by atoms with Crippen molar-refractivity contribution in [2.45, 2.75) is 17.8 Å². The lowest BCUT2D eigenvalue weighted by Gasteiger charge is -2.20. The molecule has 4 atom stereocenters. The van der Waals surface area contributed by atoms with Crippen molar-refractivity contribution in [1.82, 2.24) is 0 Å². The lowest BCUT2D eigenvalue weighted by molar-refractivity contribution is 0.0715. The van der Waals surface area contributed by atoms with Crippen molar-refractivity contribution in [1.29, 1.82) is 0 Å². The standard InChI is InChI=1S/C20H22O7/c1-24-16-7-11(3-5-14(16)22)18-13(9-21)20(10-26-18)19(27-20)12-4-6-15(23)17(8-12)25-2/h3-8,13,18-19,21-23H,9-10H2,1-2H3. The van der Waals surface area contributed by atoms with Crippen LogP contribution in [-0.4, -0.2) is 48.4 Å². The Morgan fingerprint density at radius 2 is 1.59 bits per heavy atom. The maximum Gasteiger partial charge on any atom is 0.160 e. The molecule has 1 spiro atoms. The Balaban J connectivity index is 1.61. The van der Waals surface area contributed by atoms with Crippen LogP contribution in [0.1, 0.15) is 23.3 Å². The van der Waals surface area contributed by atoms with Crippen molar-refractivity contribution in [2.75, 3.05) is 27.4 Å². The summed E-state index contributed by atoms with van der Waals surface area (Å²) in [6.07, 6.45) is -0.637. The first-order valence-corrected chi connectivity index (χ1v) is 8.68. The van der Waals surface area contributed by atoms with E-state index in [2.05, 4.69) is 0 Å². The fourth-order valence-corrected chi connectivity index (χ4v) is 3.93. The first-order chi connectivity index (χ1) is 13.0. The number of ether oxygens (including phenoxy) is 4. The fourth-order valence-electron chi connectivity index (χ4n) is 3.93. The smallest absolute Gasteiger partial charge is 0.160 e. The molecule has 4 unspecified atom stereocenters. The zero-order valence-corrected chi connectivity index (χ0v) is 15.1. The number of aromatic hydroxyl groups is 2. The molecule has 2 aromatic rings. The molecule has 2 aliphatic rings. The number of aliphatic hydroxyl groups is 1. The van der Waals surface area contributed by atoms with Gasteiger partial charge in [-0.05, 0) is 35.4 Å². The van der Waals surface area contributed by atoms with Crippen LogP contribution in [0.3, 0.4) is 0 Å². The molecule has 0 aromatic heterocycles. The monoisotopic (exact) mass is 374 g/mol. The number of benzene rings is 2. The Hall–Kier alpha value is -2.48. The number of methoxy groups -OCH3 is 2. The van der Waals surface area contributed by atoms with E-state index in [1.54, 1.807) is 36.4 Å². The summed E-state index contributed by atoms with van der Waals surface area (Å²) in [7, 11) is 2.98. The molecule has 2 heterocycles. The molecule has 7 heteroatoms. The SMILES string of the molecule is COc1cc(C2OCC3(OC3c3ccc(O)c(OC)c3)C2CO)ccc1O. The van der Waals surface area contributed by atoms with Crippen LogP contribution < -0.4 is 9.47 Å². The summed E-state index contributed by atoms with van der Waals surface area (Å²) in [4.78, 5) is 0. The third-order valence-corrected chi connectivity index (χ3v) is 5.44. The number of phenols is 2. The van der Waals surface area contributed by atoms with E-state index in [9.17, 15) is 15.3 Å². The van der Waals surface area contributed by atoms with Gasteiger partial charge in [0.2, 0.25) is 0 Å². The second kappa shape index (κ2) is 6.60. The molecule has 0 amide bonds. The minimum absolute atomic E-state index is 0.0474. The second-order valence-corrected chi connectivity index (χ2v) is 6.84. The summed E-state index contributed by atoms with van der Waals surface area (Å²) >= 11 is 0. The van der Waals surface area contributed by atoms with Crippen LogP contribution in [-0.2, 0) is 9.47 Å². The van der Waals surface area contributed by atoms with E-state index in [1.807, 2.05) is 0 Å². The predicted molar refractivity (Wildman–Crippen MR) is 95.1 cm³/mol. The molecular weight excluding hydrogens is 352 g/mol. The van der Waals surface area contributed by atoms with Crippen LogP contribution >= 0.6 is 0 Å². The minimum atomic E-state index is -0.632. The molecule has 0 aliphatic carbocycles. The van der Waals surface area contributed by atoms with Crippen molar-refractivity contribution in [2.24, 2.45) is 5.92 Å². The topological polar surface area (TPSA) is 101 Å². The molecular formula is C20H22O7. The quantitative estimate of drug-likeness (QED) is 0.691. The highest BCUT2D eigenvalue weighted by molar-refractivity contribution is 5.46. The van der Waals surface area contributed by atoms with Gasteiger partial charge in [0.25, 0.3) is 0 Å². The largest absolute Gasteiger partial charge is 0.504 e. The Labute approximate surface area is 156 Å². The molecule has 0 bridgehead atoms. The number of aliphatic hydroxyl groups excluding tert-OH is 1. The zero-order valence-electron chi connectivity index (χ0n) is 15.1. The van der Waals surface area contributed by atoms with Crippen LogP contribution in [0.2, 0.25) is 0 Å². The molecule has 144 valence electrons. The Morgan fingerprint density at radius 3 is 2.19 bits per heavy atom. The van der Waals surface area contributed by atoms with Crippen LogP contribution in [0.5, 0.6) is 23.0 Å². The molecule has 0 radical (unpaired) electrons. The third kappa shape index (κ3) is 2.79. The Morgan fingerprint density at radius 1 is 1.00 bits per heavy atom. The second-order valence-electron chi connectivity index (χ2n) is 6.84. The lowest BCUT2D eigenvalue weighted by Crippen LogP contribution is -2.27. The van der Waals surface area contributed by atoms with E-state index >= 15 is 0 Å². The van der Waals surface area contributed by atoms with Gasteiger partial charge in [-0.1, -0.05) is 12.1 Å². The van der Waals surface area contributed by atoms with E-state index < -0.39 is 5.60 Å². The van der Waals surface area contributed by atoms with Gasteiger partial charge in [-0.15, -0.1) is 0 Å². The van der Waals surface area contributed by atoms with Gasteiger partial charge < -0.3 is 34.3 Å². The predicted octanol–water partition coefficient (Wildman–Crippen LogP) is 2.31. The van der Waals surface area contributed by atoms with Crippen molar-refractivity contribution >= 4 is 0 Å². The molecule has 3 N–H and O–H groups in total. The van der Waals surface area contributed by atoms with Crippen LogP contribution in [0, 0.1) is 5.92 Å². The van der Waals surface area contributed by atoms with E-state index in [0.29, 0.717) is 18.1 Å². The molecule has 2 fully saturated rings. The van der Waals surface area contributed by atoms with Gasteiger partial charge >= 0.3 is 0 Å². The fraction of sp³-hybridized carbons (Fsp3) is 0.400. The molecule has 2 saturated heterocycles. The normalized spacial score (nSPS) is 29.1. The van der Waals surface area contributed by atoms with Crippen molar-refractivity contribution in [3.05, 3.63) is 47.5 Å². The Bertz CT molecular complexity index is 852. The van der Waals surface area contributed by atoms with Crippen LogP contribution in [0.25, 0.3) is 0 Å². The summed E-state index contributed by atoms with van der Waals surface area (Å²) in [6.45, 7) is 0.222. The molecule has 2 aromatic carbocycles. The molecule has 4 rings (SSSR count). The summed E-state index contributed by atoms with van der Waals surface area (Å²) in [5.74, 6) is 0.553. The lowest BCUT2D eigenvalue weighted by atomic mass is 9.84. The van der Waals surface area contributed by atoms with Crippen molar-refractivity contribution < 1.29 is 34.3 Å². The van der Waals surface area contributed by atoms with E-state index in [0.717, 1.165) is 11.1 Å². The average molecular weight is 374 g/mol. The molecule has 7 nitrogen and oxygen atoms in total. The highest BCUT2D eigenvalue weighted by Gasteiger charge is 2.67. The van der Waals surface area contributed by atoms with Gasteiger partial charge in [0.1, 0.15) is 11.7 Å². The van der Waals surface area contributed by atoms with Crippen molar-refractivity contribution in [3.8, 4) is 23.0 Å².